The number of quaternary nitrogens is 1. The lowest BCUT2D eigenvalue weighted by Gasteiger charge is -2.29. The number of esters is 1. The van der Waals surface area contributed by atoms with Crippen LogP contribution in [0.4, 0.5) is 0 Å². The zero-order valence-electron chi connectivity index (χ0n) is 19.1. The number of unbranched alkanes of at least 4 members (excludes halogenated alkanes) is 7. The van der Waals surface area contributed by atoms with E-state index in [0.717, 1.165) is 51.4 Å². The second kappa shape index (κ2) is 15.4. The number of nitrogens with zero attached hydrogens (tertiary/aromatic N) is 1. The molecule has 0 saturated heterocycles. The van der Waals surface area contributed by atoms with E-state index in [1.54, 1.807) is 0 Å². The molecule has 0 aliphatic rings. The summed E-state index contributed by atoms with van der Waals surface area (Å²) < 4.78 is 27.2. The van der Waals surface area contributed by atoms with Crippen molar-refractivity contribution >= 4 is 24.3 Å². The van der Waals surface area contributed by atoms with Crippen molar-refractivity contribution in [3.63, 3.8) is 0 Å². The van der Waals surface area contributed by atoms with Crippen molar-refractivity contribution in [3.8, 4) is 0 Å². The minimum atomic E-state index is -1.81. The third kappa shape index (κ3) is 19.4. The molecular formula is C19H38ClNO4. The Kier molecular flexibility index (Phi) is 12.7. The largest absolute Gasteiger partial charge is 0.550 e. The molecule has 0 fully saturated rings. The van der Waals surface area contributed by atoms with Crippen molar-refractivity contribution in [2.45, 2.75) is 83.6 Å². The van der Waals surface area contributed by atoms with Crippen LogP contribution in [0.5, 0.6) is 0 Å². The Labute approximate surface area is 164 Å². The number of ether oxygens (including phenoxy) is 1. The quantitative estimate of drug-likeness (QED) is 0.248. The number of carboxylic acids is 1. The molecule has 0 rings (SSSR count). The molecule has 25 heavy (non-hydrogen) atoms. The Morgan fingerprint density at radius 1 is 1.00 bits per heavy atom. The number of carbonyl (C=O) groups excluding carboxylic acids is 2. The van der Waals surface area contributed by atoms with Gasteiger partial charge in [-0.25, -0.2) is 0 Å². The number of rotatable bonds is 15. The number of likely N-dealkylation sites (N-methyl/N-ethyl adjacent to an activating group) is 1. The predicted octanol–water partition coefficient (Wildman–Crippen LogP) is 3.09. The molecule has 0 spiro atoms. The van der Waals surface area contributed by atoms with Gasteiger partial charge in [-0.3, -0.25) is 4.79 Å². The van der Waals surface area contributed by atoms with Gasteiger partial charge in [0.25, 0.3) is 0 Å². The van der Waals surface area contributed by atoms with Gasteiger partial charge in [-0.15, -0.1) is 12.4 Å². The van der Waals surface area contributed by atoms with Crippen molar-refractivity contribution < 1.29 is 28.0 Å². The molecule has 0 unspecified atom stereocenters. The van der Waals surface area contributed by atoms with Gasteiger partial charge in [-0.2, -0.15) is 0 Å². The molecule has 0 aromatic rings. The lowest BCUT2D eigenvalue weighted by atomic mass is 10.1. The van der Waals surface area contributed by atoms with E-state index in [9.17, 15) is 14.7 Å². The molecule has 0 amide bonds. The maximum Gasteiger partial charge on any atom is 0.306 e. The van der Waals surface area contributed by atoms with Gasteiger partial charge in [0.15, 0.2) is 6.10 Å². The Balaban J connectivity index is 0. The summed E-state index contributed by atoms with van der Waals surface area (Å²) in [5.74, 6) is -1.56. The third-order valence-corrected chi connectivity index (χ3v) is 3.75. The van der Waals surface area contributed by atoms with Crippen molar-refractivity contribution in [1.82, 2.24) is 0 Å². The minimum absolute atomic E-state index is 0. The number of hydrogen-bond acceptors (Lipinski definition) is 4. The van der Waals surface area contributed by atoms with E-state index in [-0.39, 0.29) is 24.8 Å². The summed E-state index contributed by atoms with van der Waals surface area (Å²) in [4.78, 5) is 22.7. The molecule has 1 atom stereocenters. The number of carboxylic acid groups (broad SMARTS) is 1. The molecule has 0 heterocycles. The lowest BCUT2D eigenvalue weighted by molar-refractivity contribution is -0.873. The second-order valence-electron chi connectivity index (χ2n) is 7.49. The topological polar surface area (TPSA) is 66.4 Å². The van der Waals surface area contributed by atoms with Crippen LogP contribution in [0.1, 0.15) is 81.6 Å². The summed E-state index contributed by atoms with van der Waals surface area (Å²) in [6.45, 7) is -1.37. The molecule has 0 radical (unpaired) electrons. The van der Waals surface area contributed by atoms with Crippen LogP contribution in [0.25, 0.3) is 0 Å². The highest BCUT2D eigenvalue weighted by Crippen LogP contribution is 2.12. The molecular weight excluding hydrogens is 342 g/mol. The first-order valence-corrected chi connectivity index (χ1v) is 9.09. The van der Waals surface area contributed by atoms with E-state index in [1.165, 1.54) is 0 Å². The van der Waals surface area contributed by atoms with Crippen LogP contribution in [-0.4, -0.2) is 50.2 Å². The van der Waals surface area contributed by atoms with E-state index in [0.29, 0.717) is 23.9 Å². The van der Waals surface area contributed by atoms with Crippen LogP contribution in [0.3, 0.4) is 0 Å². The second-order valence-corrected chi connectivity index (χ2v) is 7.49. The summed E-state index contributed by atoms with van der Waals surface area (Å²) in [6.07, 6.45) is 7.30. The molecule has 0 saturated carbocycles. The van der Waals surface area contributed by atoms with Crippen LogP contribution in [-0.2, 0) is 14.3 Å². The summed E-state index contributed by atoms with van der Waals surface area (Å²) in [6, 6.07) is 0. The average Bonchev–Trinajstić information content (AvgIpc) is 2.45. The average molecular weight is 383 g/mol. The summed E-state index contributed by atoms with van der Waals surface area (Å²) in [7, 11) is 5.75. The molecule has 0 aliphatic heterocycles. The standard InChI is InChI=1S/C19H37NO4.ClH/c1-5-6-7-8-9-10-11-12-13-14-19(23)24-17(15-18(21)22)16-20(2,3)4;/h17H,5-16H2,1-4H3;1H/t17-;/m1./s1/i1D3;. The van der Waals surface area contributed by atoms with Gasteiger partial charge in [0, 0.05) is 22.9 Å². The number of aliphatic carboxylic acids is 1. The number of hydrogen-bond donors (Lipinski definition) is 0. The van der Waals surface area contributed by atoms with E-state index in [4.69, 9.17) is 8.85 Å². The Morgan fingerprint density at radius 3 is 2.00 bits per heavy atom. The van der Waals surface area contributed by atoms with Gasteiger partial charge >= 0.3 is 5.97 Å². The van der Waals surface area contributed by atoms with E-state index in [2.05, 4.69) is 0 Å². The fraction of sp³-hybridized carbons (Fsp3) is 0.895. The van der Waals surface area contributed by atoms with Gasteiger partial charge in [0.1, 0.15) is 6.54 Å². The van der Waals surface area contributed by atoms with E-state index < -0.39 is 18.9 Å². The normalized spacial score (nSPS) is 14.6. The highest BCUT2D eigenvalue weighted by molar-refractivity contribution is 5.85. The number of carbonyl (C=O) groups is 2. The molecule has 0 aliphatic carbocycles. The monoisotopic (exact) mass is 382 g/mol. The van der Waals surface area contributed by atoms with Crippen molar-refractivity contribution in [1.29, 1.82) is 0 Å². The third-order valence-electron chi connectivity index (χ3n) is 3.75. The van der Waals surface area contributed by atoms with Crippen molar-refractivity contribution in [3.05, 3.63) is 0 Å². The predicted molar refractivity (Wildman–Crippen MR) is 101 cm³/mol. The Bertz CT molecular complexity index is 440. The highest BCUT2D eigenvalue weighted by atomic mass is 35.5. The zero-order valence-corrected chi connectivity index (χ0v) is 16.9. The van der Waals surface area contributed by atoms with Gasteiger partial charge in [-0.05, 0) is 6.42 Å². The molecule has 0 aromatic heterocycles. The van der Waals surface area contributed by atoms with Crippen LogP contribution < -0.4 is 5.11 Å². The maximum absolute atomic E-state index is 11.9. The Hall–Kier alpha value is -0.810. The number of halogens is 1. The van der Waals surface area contributed by atoms with Gasteiger partial charge in [-0.1, -0.05) is 58.2 Å². The fourth-order valence-electron chi connectivity index (χ4n) is 2.64. The van der Waals surface area contributed by atoms with Gasteiger partial charge in [0.2, 0.25) is 0 Å². The lowest BCUT2D eigenvalue weighted by Crippen LogP contribution is -2.45. The smallest absolute Gasteiger partial charge is 0.306 e. The van der Waals surface area contributed by atoms with Crippen LogP contribution in [0.15, 0.2) is 0 Å². The molecule has 150 valence electrons. The van der Waals surface area contributed by atoms with Crippen molar-refractivity contribution in [2.75, 3.05) is 27.7 Å². The maximum atomic E-state index is 11.9. The first-order chi connectivity index (χ1) is 12.4. The first-order valence-electron chi connectivity index (χ1n) is 10.6. The fourth-order valence-corrected chi connectivity index (χ4v) is 2.64. The Morgan fingerprint density at radius 2 is 1.52 bits per heavy atom. The summed E-state index contributed by atoms with van der Waals surface area (Å²) >= 11 is 0. The highest BCUT2D eigenvalue weighted by Gasteiger charge is 2.22. The van der Waals surface area contributed by atoms with Crippen LogP contribution in [0.2, 0.25) is 0 Å². The van der Waals surface area contributed by atoms with Gasteiger partial charge in [0.05, 0.1) is 21.1 Å². The molecule has 0 aromatic carbocycles. The summed E-state index contributed by atoms with van der Waals surface area (Å²) in [5, 5.41) is 10.8. The summed E-state index contributed by atoms with van der Waals surface area (Å²) in [5.41, 5.74) is 0. The van der Waals surface area contributed by atoms with Crippen LogP contribution in [0, 0.1) is 0 Å². The molecule has 0 N–H and O–H groups in total. The molecule has 5 nitrogen and oxygen atoms in total. The first kappa shape index (κ1) is 20.5. The SMILES string of the molecule is Cl.[2H]C([2H])([2H])CCCCCCCCCCC(=O)O[C@H](CC(=O)[O-])C[N+](C)(C)C. The van der Waals surface area contributed by atoms with Crippen LogP contribution >= 0.6 is 12.4 Å². The molecule has 0 bridgehead atoms. The molecule has 6 heteroatoms. The zero-order chi connectivity index (χ0) is 20.9. The van der Waals surface area contributed by atoms with Crippen molar-refractivity contribution in [2.24, 2.45) is 0 Å². The minimum Gasteiger partial charge on any atom is -0.550 e. The van der Waals surface area contributed by atoms with E-state index in [1.807, 2.05) is 21.1 Å². The van der Waals surface area contributed by atoms with Gasteiger partial charge < -0.3 is 19.1 Å². The van der Waals surface area contributed by atoms with E-state index >= 15 is 0 Å².